The van der Waals surface area contributed by atoms with Gasteiger partial charge in [0.1, 0.15) is 18.1 Å². The second kappa shape index (κ2) is 7.31. The molecule has 0 aromatic carbocycles. The summed E-state index contributed by atoms with van der Waals surface area (Å²) in [5.74, 6) is 0.487. The van der Waals surface area contributed by atoms with Gasteiger partial charge in [0.25, 0.3) is 0 Å². The van der Waals surface area contributed by atoms with E-state index in [0.29, 0.717) is 24.4 Å². The summed E-state index contributed by atoms with van der Waals surface area (Å²) in [5, 5.41) is 9.36. The van der Waals surface area contributed by atoms with Crippen molar-refractivity contribution in [1.29, 1.82) is 0 Å². The highest BCUT2D eigenvalue weighted by molar-refractivity contribution is 5.78. The summed E-state index contributed by atoms with van der Waals surface area (Å²) in [6.45, 7) is 2.09. The van der Waals surface area contributed by atoms with E-state index in [4.69, 9.17) is 14.2 Å². The van der Waals surface area contributed by atoms with Crippen LogP contribution in [0.3, 0.4) is 0 Å². The minimum Gasteiger partial charge on any atom is -0.498 e. The standard InChI is InChI=1S/C13H20O5/c1-9(15)18-13-11(4-5-16-2)6-10(8-14)7-12(13)17-3/h6-9,11,13,15H,4-5H2,1-3H3. The number of aliphatic hydroxyl groups excluding tert-OH is 1. The zero-order valence-electron chi connectivity index (χ0n) is 11.0. The van der Waals surface area contributed by atoms with Crippen LogP contribution in [-0.4, -0.2) is 44.6 Å². The van der Waals surface area contributed by atoms with Crippen molar-refractivity contribution in [2.24, 2.45) is 5.92 Å². The second-order valence-electron chi connectivity index (χ2n) is 4.14. The number of carbonyl (C=O) groups excluding carboxylic acids is 1. The van der Waals surface area contributed by atoms with Gasteiger partial charge < -0.3 is 19.3 Å². The number of carbonyl (C=O) groups is 1. The maximum absolute atomic E-state index is 10.9. The van der Waals surface area contributed by atoms with Crippen LogP contribution in [0.15, 0.2) is 23.5 Å². The molecule has 0 aliphatic heterocycles. The Morgan fingerprint density at radius 1 is 1.50 bits per heavy atom. The van der Waals surface area contributed by atoms with Crippen molar-refractivity contribution < 1.29 is 24.1 Å². The lowest BCUT2D eigenvalue weighted by atomic mass is 9.89. The Labute approximate surface area is 107 Å². The van der Waals surface area contributed by atoms with Crippen molar-refractivity contribution in [3.05, 3.63) is 23.5 Å². The largest absolute Gasteiger partial charge is 0.498 e. The highest BCUT2D eigenvalue weighted by atomic mass is 16.6. The van der Waals surface area contributed by atoms with E-state index in [-0.39, 0.29) is 5.92 Å². The Morgan fingerprint density at radius 2 is 2.22 bits per heavy atom. The van der Waals surface area contributed by atoms with E-state index in [1.165, 1.54) is 7.11 Å². The van der Waals surface area contributed by atoms with Crippen LogP contribution < -0.4 is 0 Å². The monoisotopic (exact) mass is 256 g/mol. The van der Waals surface area contributed by atoms with E-state index in [2.05, 4.69) is 0 Å². The molecule has 0 saturated carbocycles. The predicted molar refractivity (Wildman–Crippen MR) is 65.8 cm³/mol. The molecule has 1 rings (SSSR count). The molecule has 0 radical (unpaired) electrons. The Bertz CT molecular complexity index is 332. The fourth-order valence-electron chi connectivity index (χ4n) is 1.96. The van der Waals surface area contributed by atoms with Gasteiger partial charge in [0.05, 0.1) is 7.11 Å². The summed E-state index contributed by atoms with van der Waals surface area (Å²) < 4.78 is 15.7. The molecule has 0 saturated heterocycles. The SMILES string of the molecule is COCCC1C=C(C=O)C=C(OC)C1OC(C)O. The first-order chi connectivity index (χ1) is 8.62. The summed E-state index contributed by atoms with van der Waals surface area (Å²) in [5.41, 5.74) is 0.554. The smallest absolute Gasteiger partial charge is 0.152 e. The summed E-state index contributed by atoms with van der Waals surface area (Å²) in [7, 11) is 3.14. The van der Waals surface area contributed by atoms with Gasteiger partial charge in [0, 0.05) is 25.2 Å². The summed E-state index contributed by atoms with van der Waals surface area (Å²) in [4.78, 5) is 10.9. The maximum atomic E-state index is 10.9. The fraction of sp³-hybridized carbons (Fsp3) is 0.615. The van der Waals surface area contributed by atoms with Crippen molar-refractivity contribution in [2.75, 3.05) is 20.8 Å². The van der Waals surface area contributed by atoms with E-state index in [1.54, 1.807) is 20.1 Å². The molecule has 1 aliphatic carbocycles. The molecule has 3 unspecified atom stereocenters. The molecule has 1 N–H and O–H groups in total. The highest BCUT2D eigenvalue weighted by Gasteiger charge is 2.30. The van der Waals surface area contributed by atoms with Gasteiger partial charge in [0.15, 0.2) is 6.29 Å². The number of allylic oxidation sites excluding steroid dienone is 2. The van der Waals surface area contributed by atoms with Crippen LogP contribution in [-0.2, 0) is 19.0 Å². The number of aldehydes is 1. The topological polar surface area (TPSA) is 65.0 Å². The van der Waals surface area contributed by atoms with E-state index >= 15 is 0 Å². The molecule has 0 fully saturated rings. The third-order valence-electron chi connectivity index (χ3n) is 2.76. The van der Waals surface area contributed by atoms with Gasteiger partial charge in [0.2, 0.25) is 0 Å². The second-order valence-corrected chi connectivity index (χ2v) is 4.14. The maximum Gasteiger partial charge on any atom is 0.152 e. The van der Waals surface area contributed by atoms with Crippen molar-refractivity contribution in [2.45, 2.75) is 25.7 Å². The molecule has 0 amide bonds. The molecule has 0 spiro atoms. The molecule has 18 heavy (non-hydrogen) atoms. The number of methoxy groups -OCH3 is 2. The third kappa shape index (κ3) is 3.94. The van der Waals surface area contributed by atoms with Gasteiger partial charge in [-0.25, -0.2) is 0 Å². The van der Waals surface area contributed by atoms with E-state index in [1.807, 2.05) is 6.08 Å². The van der Waals surface area contributed by atoms with Crippen molar-refractivity contribution in [3.8, 4) is 0 Å². The van der Waals surface area contributed by atoms with Crippen LogP contribution in [0, 0.1) is 5.92 Å². The highest BCUT2D eigenvalue weighted by Crippen LogP contribution is 2.29. The molecular weight excluding hydrogens is 236 g/mol. The Balaban J connectivity index is 2.89. The van der Waals surface area contributed by atoms with Crippen molar-refractivity contribution in [1.82, 2.24) is 0 Å². The number of aliphatic hydroxyl groups is 1. The van der Waals surface area contributed by atoms with Crippen LogP contribution in [0.2, 0.25) is 0 Å². The average molecular weight is 256 g/mol. The Hall–Kier alpha value is -1.17. The first-order valence-electron chi connectivity index (χ1n) is 5.87. The first-order valence-corrected chi connectivity index (χ1v) is 5.87. The quantitative estimate of drug-likeness (QED) is 0.544. The van der Waals surface area contributed by atoms with Crippen molar-refractivity contribution >= 4 is 6.29 Å². The fourth-order valence-corrected chi connectivity index (χ4v) is 1.96. The minimum absolute atomic E-state index is 0.0558. The molecule has 102 valence electrons. The van der Waals surface area contributed by atoms with E-state index < -0.39 is 12.4 Å². The molecule has 3 atom stereocenters. The number of ether oxygens (including phenoxy) is 3. The number of hydrogen-bond donors (Lipinski definition) is 1. The van der Waals surface area contributed by atoms with E-state index in [0.717, 1.165) is 6.29 Å². The van der Waals surface area contributed by atoms with E-state index in [9.17, 15) is 9.90 Å². The van der Waals surface area contributed by atoms with Gasteiger partial charge in [-0.15, -0.1) is 0 Å². The molecule has 5 nitrogen and oxygen atoms in total. The Kier molecular flexibility index (Phi) is 6.04. The zero-order chi connectivity index (χ0) is 13.5. The van der Waals surface area contributed by atoms with Gasteiger partial charge in [-0.1, -0.05) is 6.08 Å². The van der Waals surface area contributed by atoms with Crippen LogP contribution >= 0.6 is 0 Å². The summed E-state index contributed by atoms with van der Waals surface area (Å²) >= 11 is 0. The van der Waals surface area contributed by atoms with Gasteiger partial charge >= 0.3 is 0 Å². The molecule has 5 heteroatoms. The first kappa shape index (κ1) is 14.9. The van der Waals surface area contributed by atoms with Crippen molar-refractivity contribution in [3.63, 3.8) is 0 Å². The summed E-state index contributed by atoms with van der Waals surface area (Å²) in [6.07, 6.45) is 3.62. The van der Waals surface area contributed by atoms with Crippen LogP contribution in [0.25, 0.3) is 0 Å². The zero-order valence-corrected chi connectivity index (χ0v) is 11.0. The van der Waals surface area contributed by atoms with Crippen LogP contribution in [0.1, 0.15) is 13.3 Å². The van der Waals surface area contributed by atoms with Crippen LogP contribution in [0.5, 0.6) is 0 Å². The lowest BCUT2D eigenvalue weighted by molar-refractivity contribution is -0.136. The molecule has 0 aromatic heterocycles. The number of hydrogen-bond acceptors (Lipinski definition) is 5. The lowest BCUT2D eigenvalue weighted by Crippen LogP contribution is -2.32. The van der Waals surface area contributed by atoms with Gasteiger partial charge in [-0.3, -0.25) is 4.79 Å². The van der Waals surface area contributed by atoms with Gasteiger partial charge in [-0.2, -0.15) is 0 Å². The summed E-state index contributed by atoms with van der Waals surface area (Å²) in [6, 6.07) is 0. The molecule has 0 heterocycles. The normalized spacial score (nSPS) is 25.1. The third-order valence-corrected chi connectivity index (χ3v) is 2.76. The minimum atomic E-state index is -0.898. The predicted octanol–water partition coefficient (Wildman–Crippen LogP) is 1.03. The Morgan fingerprint density at radius 3 is 2.72 bits per heavy atom. The molecule has 0 bridgehead atoms. The number of rotatable bonds is 7. The molecular formula is C13H20O5. The van der Waals surface area contributed by atoms with Crippen LogP contribution in [0.4, 0.5) is 0 Å². The molecule has 1 aliphatic rings. The average Bonchev–Trinajstić information content (AvgIpc) is 2.36. The lowest BCUT2D eigenvalue weighted by Gasteiger charge is -2.30. The van der Waals surface area contributed by atoms with Gasteiger partial charge in [-0.05, 0) is 19.4 Å². The molecule has 0 aromatic rings.